The first kappa shape index (κ1) is 23.4. The van der Waals surface area contributed by atoms with E-state index in [1.165, 1.54) is 0 Å². The van der Waals surface area contributed by atoms with Crippen LogP contribution in [0.1, 0.15) is 20.8 Å². The van der Waals surface area contributed by atoms with Gasteiger partial charge in [0.25, 0.3) is 0 Å². The van der Waals surface area contributed by atoms with Gasteiger partial charge in [-0.25, -0.2) is 13.7 Å². The van der Waals surface area contributed by atoms with Crippen molar-refractivity contribution in [1.29, 1.82) is 0 Å². The minimum Gasteiger partial charge on any atom is -0.358 e. The fourth-order valence-corrected chi connectivity index (χ4v) is 5.40. The first-order valence-electron chi connectivity index (χ1n) is 7.31. The topological polar surface area (TPSA) is 172 Å². The molecule has 1 rings (SSSR count). The summed E-state index contributed by atoms with van der Waals surface area (Å²) in [6.07, 6.45) is -0.812. The molecule has 6 atom stereocenters. The lowest BCUT2D eigenvalue weighted by molar-refractivity contribution is -0.0473. The Morgan fingerprint density at radius 3 is 2.08 bits per heavy atom. The van der Waals surface area contributed by atoms with Crippen molar-refractivity contribution in [2.75, 3.05) is 13.2 Å². The second-order valence-electron chi connectivity index (χ2n) is 5.74. The van der Waals surface area contributed by atoms with E-state index in [9.17, 15) is 18.6 Å². The van der Waals surface area contributed by atoms with Gasteiger partial charge in [0.15, 0.2) is 7.98 Å². The highest BCUT2D eigenvalue weighted by Gasteiger charge is 2.44. The first-order chi connectivity index (χ1) is 11.2. The van der Waals surface area contributed by atoms with Crippen LogP contribution in [0.3, 0.4) is 0 Å². The molecule has 12 nitrogen and oxygen atoms in total. The van der Waals surface area contributed by atoms with E-state index < -0.39 is 36.2 Å². The van der Waals surface area contributed by atoms with Crippen LogP contribution in [0.5, 0.6) is 0 Å². The summed E-state index contributed by atoms with van der Waals surface area (Å²) in [4.78, 5) is 37.4. The van der Waals surface area contributed by atoms with Crippen LogP contribution in [-0.2, 0) is 31.6 Å². The second-order valence-corrected chi connectivity index (χ2v) is 10.2. The van der Waals surface area contributed by atoms with Crippen LogP contribution in [0.25, 0.3) is 0 Å². The van der Waals surface area contributed by atoms with Crippen molar-refractivity contribution in [2.24, 2.45) is 11.8 Å². The van der Waals surface area contributed by atoms with Gasteiger partial charge in [0.05, 0.1) is 12.7 Å². The number of hydrogen-bond donors (Lipinski definition) is 4. The summed E-state index contributed by atoms with van der Waals surface area (Å²) in [5.41, 5.74) is 0. The third-order valence-electron chi connectivity index (χ3n) is 3.93. The Morgan fingerprint density at radius 1 is 1.04 bits per heavy atom. The predicted octanol–water partition coefficient (Wildman–Crippen LogP) is 0.197. The molecule has 0 amide bonds. The van der Waals surface area contributed by atoms with E-state index in [1.54, 1.807) is 0 Å². The fraction of sp³-hybridized carbons (Fsp3) is 1.00. The van der Waals surface area contributed by atoms with Crippen molar-refractivity contribution < 1.29 is 51.2 Å². The molecule has 0 saturated carbocycles. The molecule has 0 aromatic rings. The highest BCUT2D eigenvalue weighted by atomic mass is 31.3. The smallest absolute Gasteiger partial charge is 0.358 e. The van der Waals surface area contributed by atoms with Gasteiger partial charge >= 0.3 is 23.5 Å². The van der Waals surface area contributed by atoms with Crippen molar-refractivity contribution in [2.45, 2.75) is 33.1 Å². The molecule has 25 heavy (non-hydrogen) atoms. The van der Waals surface area contributed by atoms with Crippen molar-refractivity contribution in [3.05, 3.63) is 0 Å². The molecule has 1 aliphatic heterocycles. The molecule has 0 aromatic heterocycles. The summed E-state index contributed by atoms with van der Waals surface area (Å²) >= 11 is 0. The van der Waals surface area contributed by atoms with Crippen LogP contribution in [0, 0.1) is 11.8 Å². The van der Waals surface area contributed by atoms with E-state index in [2.05, 4.69) is 13.1 Å². The Hall–Kier alpha value is 0.395. The molecule has 0 aliphatic carbocycles. The van der Waals surface area contributed by atoms with E-state index in [4.69, 9.17) is 19.4 Å². The summed E-state index contributed by atoms with van der Waals surface area (Å²) < 4.78 is 51.2. The summed E-state index contributed by atoms with van der Waals surface area (Å²) in [7, 11) is -14.2. The molecule has 1 heterocycles. The van der Waals surface area contributed by atoms with Crippen LogP contribution < -0.4 is 0 Å². The Bertz CT molecular complexity index is 599. The van der Waals surface area contributed by atoms with Gasteiger partial charge in [-0.05, 0) is 12.5 Å². The number of phosphoric acid groups is 3. The third-order valence-corrected chi connectivity index (χ3v) is 7.73. The highest BCUT2D eigenvalue weighted by molar-refractivity contribution is 7.66. The maximum Gasteiger partial charge on any atom is 0.490 e. The highest BCUT2D eigenvalue weighted by Crippen LogP contribution is 2.66. The maximum absolute atomic E-state index is 11.7. The van der Waals surface area contributed by atoms with Gasteiger partial charge in [-0.15, -0.1) is 0 Å². The maximum atomic E-state index is 11.7. The standard InChI is InChI=1S/C9H23BNO11P3/c1-4-11(10)9-7(3)6(2)8(20-9)5-19-24(15,16)22-25(17,18)21-23(12,13)14/h6-9H,4-5,10H2,1-3H3,(H,15,16)(H,17,18)(H2,12,13,14)/t6?,7-,8+,9+/m0/s1. The number of ether oxygens (including phenoxy) is 1. The largest absolute Gasteiger partial charge is 0.490 e. The van der Waals surface area contributed by atoms with E-state index in [0.717, 1.165) is 6.54 Å². The Morgan fingerprint density at radius 2 is 1.60 bits per heavy atom. The molecule has 1 aliphatic rings. The SMILES string of the molecule is BN(CC)[C@@H]1O[C@H](COP(=O)(O)OP(=O)(O)OP(=O)(O)O)C(C)[C@@H]1C. The van der Waals surface area contributed by atoms with Crippen LogP contribution in [0.2, 0.25) is 0 Å². The summed E-state index contributed by atoms with van der Waals surface area (Å²) in [6, 6.07) is 0. The second kappa shape index (κ2) is 8.60. The third kappa shape index (κ3) is 7.50. The Balaban J connectivity index is 2.66. The Kier molecular flexibility index (Phi) is 8.06. The molecule has 0 bridgehead atoms. The zero-order chi connectivity index (χ0) is 19.6. The molecule has 0 radical (unpaired) electrons. The monoisotopic (exact) mass is 425 g/mol. The summed E-state index contributed by atoms with van der Waals surface area (Å²) in [5.74, 6) is 0.0470. The molecule has 0 aromatic carbocycles. The number of rotatable bonds is 9. The van der Waals surface area contributed by atoms with Crippen LogP contribution >= 0.6 is 23.5 Å². The summed E-state index contributed by atoms with van der Waals surface area (Å²) in [5, 5.41) is 0. The van der Waals surface area contributed by atoms with Gasteiger partial charge in [-0.3, -0.25) is 4.52 Å². The zero-order valence-electron chi connectivity index (χ0n) is 14.2. The van der Waals surface area contributed by atoms with Crippen molar-refractivity contribution in [1.82, 2.24) is 4.81 Å². The molecule has 148 valence electrons. The van der Waals surface area contributed by atoms with Crippen LogP contribution in [0.4, 0.5) is 0 Å². The molecule has 3 unspecified atom stereocenters. The van der Waals surface area contributed by atoms with Crippen molar-refractivity contribution in [3.8, 4) is 0 Å². The van der Waals surface area contributed by atoms with Crippen LogP contribution in [0.15, 0.2) is 0 Å². The van der Waals surface area contributed by atoms with Gasteiger partial charge in [-0.2, -0.15) is 8.62 Å². The van der Waals surface area contributed by atoms with Gasteiger partial charge in [0.1, 0.15) is 6.23 Å². The molecule has 4 N–H and O–H groups in total. The van der Waals surface area contributed by atoms with Crippen LogP contribution in [-0.4, -0.2) is 57.8 Å². The van der Waals surface area contributed by atoms with Gasteiger partial charge in [0.2, 0.25) is 0 Å². The predicted molar refractivity (Wildman–Crippen MR) is 87.7 cm³/mol. The van der Waals surface area contributed by atoms with Crippen molar-refractivity contribution >= 4 is 31.4 Å². The lowest BCUT2D eigenvalue weighted by Crippen LogP contribution is -2.37. The van der Waals surface area contributed by atoms with E-state index in [0.29, 0.717) is 0 Å². The fourth-order valence-electron chi connectivity index (χ4n) is 2.37. The molecular weight excluding hydrogens is 402 g/mol. The minimum absolute atomic E-state index is 0.0497. The number of phosphoric ester groups is 1. The van der Waals surface area contributed by atoms with E-state index in [-0.39, 0.29) is 18.1 Å². The number of hydrogen-bond acceptors (Lipinski definition) is 8. The first-order valence-corrected chi connectivity index (χ1v) is 11.8. The van der Waals surface area contributed by atoms with Gasteiger partial charge in [-0.1, -0.05) is 20.8 Å². The molecule has 1 fully saturated rings. The molecular formula is C9H23BNO11P3. The normalized spacial score (nSPS) is 32.5. The quantitative estimate of drug-likeness (QED) is 0.292. The van der Waals surface area contributed by atoms with Crippen molar-refractivity contribution in [3.63, 3.8) is 0 Å². The number of nitrogens with zero attached hydrogens (tertiary/aromatic N) is 1. The van der Waals surface area contributed by atoms with E-state index in [1.807, 2.05) is 33.6 Å². The average molecular weight is 425 g/mol. The Labute approximate surface area is 146 Å². The lowest BCUT2D eigenvalue weighted by atomic mass is 9.92. The minimum atomic E-state index is -5.51. The summed E-state index contributed by atoms with van der Waals surface area (Å²) in [6.45, 7) is 6.05. The van der Waals surface area contributed by atoms with Gasteiger partial charge in [0, 0.05) is 5.92 Å². The molecule has 1 saturated heterocycles. The average Bonchev–Trinajstić information content (AvgIpc) is 2.68. The van der Waals surface area contributed by atoms with Gasteiger partial charge < -0.3 is 29.1 Å². The lowest BCUT2D eigenvalue weighted by Gasteiger charge is -2.26. The molecule has 0 spiro atoms. The molecule has 16 heteroatoms. The van der Waals surface area contributed by atoms with E-state index >= 15 is 0 Å². The zero-order valence-corrected chi connectivity index (χ0v) is 16.8.